The lowest BCUT2D eigenvalue weighted by molar-refractivity contribution is -0.132. The summed E-state index contributed by atoms with van der Waals surface area (Å²) in [5.41, 5.74) is 10.0. The van der Waals surface area contributed by atoms with Gasteiger partial charge in [0.1, 0.15) is 0 Å². The van der Waals surface area contributed by atoms with Gasteiger partial charge in [0.15, 0.2) is 5.96 Å². The summed E-state index contributed by atoms with van der Waals surface area (Å²) in [6.45, 7) is 2.24. The van der Waals surface area contributed by atoms with Crippen molar-refractivity contribution < 1.29 is 19.4 Å². The third-order valence-corrected chi connectivity index (χ3v) is 7.87. The number of nitrogens with zero attached hydrogens (tertiary/aromatic N) is 2. The van der Waals surface area contributed by atoms with E-state index in [1.165, 1.54) is 4.90 Å². The minimum Gasteiger partial charge on any atom is -0.390 e. The lowest BCUT2D eigenvalue weighted by Gasteiger charge is -2.40. The second-order valence-corrected chi connectivity index (χ2v) is 10.2. The first kappa shape index (κ1) is 25.2. The van der Waals surface area contributed by atoms with Crippen LogP contribution in [0.15, 0.2) is 53.5 Å². The van der Waals surface area contributed by atoms with Crippen LogP contribution in [0.1, 0.15) is 77.3 Å². The van der Waals surface area contributed by atoms with Gasteiger partial charge in [-0.15, -0.1) is 0 Å². The molecule has 194 valence electrons. The number of carbonyl (C=O) groups excluding carboxylic acids is 2. The normalized spacial score (nSPS) is 28.4. The predicted molar refractivity (Wildman–Crippen MR) is 142 cm³/mol. The van der Waals surface area contributed by atoms with Crippen molar-refractivity contribution in [3.8, 4) is 0 Å². The molecule has 2 amide bonds. The number of ether oxygens (including phenoxy) is 1. The largest absolute Gasteiger partial charge is 0.390 e. The number of nitrogens with one attached hydrogen (secondary N) is 1. The molecule has 3 aliphatic heterocycles. The lowest BCUT2D eigenvalue weighted by atomic mass is 9.85. The van der Waals surface area contributed by atoms with Crippen LogP contribution in [-0.2, 0) is 16.0 Å². The van der Waals surface area contributed by atoms with Gasteiger partial charge in [-0.05, 0) is 59.7 Å². The monoisotopic (exact) mass is 502 g/mol. The molecular formula is C29H34N4O4. The maximum Gasteiger partial charge on any atom is 0.251 e. The molecule has 4 N–H and O–H groups in total. The lowest BCUT2D eigenvalue weighted by Crippen LogP contribution is -2.53. The summed E-state index contributed by atoms with van der Waals surface area (Å²) in [7, 11) is 1.57. The number of aliphatic imine (C=N–C) groups is 1. The maximum absolute atomic E-state index is 13.5. The fourth-order valence-corrected chi connectivity index (χ4v) is 5.77. The number of carbonyl (C=O) groups is 2. The van der Waals surface area contributed by atoms with E-state index in [4.69, 9.17) is 15.5 Å². The minimum atomic E-state index is -0.701. The fourth-order valence-electron chi connectivity index (χ4n) is 5.77. The number of guanidine groups is 1. The Morgan fingerprint density at radius 2 is 2.08 bits per heavy atom. The Kier molecular flexibility index (Phi) is 6.88. The Labute approximate surface area is 217 Å². The molecule has 2 aromatic rings. The summed E-state index contributed by atoms with van der Waals surface area (Å²) in [5, 5.41) is 13.8. The van der Waals surface area contributed by atoms with Crippen molar-refractivity contribution in [1.82, 2.24) is 10.2 Å². The average Bonchev–Trinajstić information content (AvgIpc) is 3.19. The summed E-state index contributed by atoms with van der Waals surface area (Å²) in [6.07, 6.45) is 6.32. The van der Waals surface area contributed by atoms with Gasteiger partial charge in [0.25, 0.3) is 5.91 Å². The van der Waals surface area contributed by atoms with Crippen LogP contribution in [0.4, 0.5) is 0 Å². The molecule has 37 heavy (non-hydrogen) atoms. The molecule has 0 aromatic heterocycles. The van der Waals surface area contributed by atoms with Crippen LogP contribution in [-0.4, -0.2) is 53.1 Å². The van der Waals surface area contributed by atoms with Crippen molar-refractivity contribution in [3.05, 3.63) is 76.4 Å². The number of hydrogen-bond donors (Lipinski definition) is 3. The van der Waals surface area contributed by atoms with Gasteiger partial charge in [-0.25, -0.2) is 4.99 Å². The van der Waals surface area contributed by atoms with Gasteiger partial charge in [0.05, 0.1) is 36.8 Å². The van der Waals surface area contributed by atoms with E-state index < -0.39 is 23.7 Å². The molecule has 4 atom stereocenters. The molecule has 8 nitrogen and oxygen atoms in total. The number of allylic oxidation sites excluding steroid dienone is 1. The SMILES string of the molecule is CC[C@@]12CC/C=C\c3ccc4c(c3)[C@@H](NC(=O)c3cccc(c3)C(COC)N(C(=O)C1)C(N)=N2)[C@H](O)C4. The zero-order valence-electron chi connectivity index (χ0n) is 21.3. The summed E-state index contributed by atoms with van der Waals surface area (Å²) >= 11 is 0. The molecule has 8 heteroatoms. The molecule has 4 aliphatic rings. The van der Waals surface area contributed by atoms with Gasteiger partial charge in [0, 0.05) is 19.1 Å². The number of rotatable bonds is 3. The van der Waals surface area contributed by atoms with E-state index in [2.05, 4.69) is 11.4 Å². The van der Waals surface area contributed by atoms with E-state index in [0.717, 1.165) is 28.7 Å². The van der Waals surface area contributed by atoms with E-state index in [1.54, 1.807) is 25.3 Å². The molecule has 0 fully saturated rings. The molecule has 0 saturated heterocycles. The quantitative estimate of drug-likeness (QED) is 0.596. The van der Waals surface area contributed by atoms with Crippen LogP contribution in [0, 0.1) is 0 Å². The van der Waals surface area contributed by atoms with Crippen LogP contribution in [0.2, 0.25) is 0 Å². The number of aliphatic hydroxyl groups excluding tert-OH is 1. The summed E-state index contributed by atoms with van der Waals surface area (Å²) < 4.78 is 5.47. The topological polar surface area (TPSA) is 117 Å². The van der Waals surface area contributed by atoms with E-state index in [-0.39, 0.29) is 30.8 Å². The minimum absolute atomic E-state index is 0.106. The average molecular weight is 503 g/mol. The molecule has 6 bridgehead atoms. The zero-order valence-corrected chi connectivity index (χ0v) is 21.3. The Morgan fingerprint density at radius 3 is 2.84 bits per heavy atom. The molecule has 2 aromatic carbocycles. The van der Waals surface area contributed by atoms with Gasteiger partial charge < -0.3 is 20.9 Å². The molecule has 1 aliphatic carbocycles. The number of nitrogens with two attached hydrogens (primary N) is 1. The van der Waals surface area contributed by atoms with Gasteiger partial charge in [-0.2, -0.15) is 0 Å². The second kappa shape index (κ2) is 10.1. The van der Waals surface area contributed by atoms with E-state index >= 15 is 0 Å². The first-order valence-electron chi connectivity index (χ1n) is 12.9. The second-order valence-electron chi connectivity index (χ2n) is 10.2. The van der Waals surface area contributed by atoms with Gasteiger partial charge in [-0.1, -0.05) is 43.3 Å². The number of amides is 2. The third kappa shape index (κ3) is 4.79. The van der Waals surface area contributed by atoms with Crippen LogP contribution < -0.4 is 11.1 Å². The molecular weight excluding hydrogens is 468 g/mol. The Bertz CT molecular complexity index is 1270. The smallest absolute Gasteiger partial charge is 0.251 e. The Hall–Kier alpha value is -3.49. The molecule has 0 spiro atoms. The highest BCUT2D eigenvalue weighted by atomic mass is 16.5. The van der Waals surface area contributed by atoms with Gasteiger partial charge in [0.2, 0.25) is 5.91 Å². The van der Waals surface area contributed by atoms with Crippen LogP contribution in [0.25, 0.3) is 6.08 Å². The number of methoxy groups -OCH3 is 1. The van der Waals surface area contributed by atoms with Crippen molar-refractivity contribution in [2.24, 2.45) is 10.7 Å². The van der Waals surface area contributed by atoms with Crippen molar-refractivity contribution in [2.75, 3.05) is 13.7 Å². The van der Waals surface area contributed by atoms with Crippen molar-refractivity contribution >= 4 is 23.8 Å². The maximum atomic E-state index is 13.5. The summed E-state index contributed by atoms with van der Waals surface area (Å²) in [6, 6.07) is 12.2. The molecule has 0 radical (unpaired) electrons. The molecule has 1 unspecified atom stereocenters. The van der Waals surface area contributed by atoms with Gasteiger partial charge >= 0.3 is 0 Å². The number of benzene rings is 2. The standard InChI is InChI=1S/C29H34N4O4/c1-3-29-12-5-4-7-18-10-11-19-15-24(34)26(22(19)13-18)31-27(36)21-9-6-8-20(14-21)23(17-37-2)33(25(35)16-29)28(30)32-29/h4,6-11,13-14,23-24,26,34H,3,5,12,15-17H2,1-2H3,(H2,30,32)(H,31,36)/b7-4-/t23?,24-,26-,29-/m1/s1. The van der Waals surface area contributed by atoms with Crippen LogP contribution in [0.5, 0.6) is 0 Å². The summed E-state index contributed by atoms with van der Waals surface area (Å²) in [5.74, 6) is -0.228. The van der Waals surface area contributed by atoms with E-state index in [1.807, 2.05) is 37.3 Å². The first-order chi connectivity index (χ1) is 17.8. The first-order valence-corrected chi connectivity index (χ1v) is 12.9. The van der Waals surface area contributed by atoms with Gasteiger partial charge in [-0.3, -0.25) is 14.5 Å². The van der Waals surface area contributed by atoms with E-state index in [0.29, 0.717) is 24.8 Å². The molecule has 3 heterocycles. The molecule has 6 rings (SSSR count). The van der Waals surface area contributed by atoms with Crippen molar-refractivity contribution in [3.63, 3.8) is 0 Å². The number of hydrogen-bond acceptors (Lipinski definition) is 6. The summed E-state index contributed by atoms with van der Waals surface area (Å²) in [4.78, 5) is 33.2. The highest BCUT2D eigenvalue weighted by Crippen LogP contribution is 2.36. The predicted octanol–water partition coefficient (Wildman–Crippen LogP) is 3.27. The van der Waals surface area contributed by atoms with Crippen molar-refractivity contribution in [1.29, 1.82) is 0 Å². The number of fused-ring (bicyclic) bond motifs is 4. The van der Waals surface area contributed by atoms with Crippen molar-refractivity contribution in [2.45, 2.75) is 62.8 Å². The van der Waals surface area contributed by atoms with E-state index in [9.17, 15) is 14.7 Å². The van der Waals surface area contributed by atoms with Crippen LogP contribution >= 0.6 is 0 Å². The highest BCUT2D eigenvalue weighted by Gasteiger charge is 2.41. The Balaban J connectivity index is 1.60. The zero-order chi connectivity index (χ0) is 26.2. The fraction of sp³-hybridized carbons (Fsp3) is 0.414. The number of aliphatic hydroxyl groups is 1. The van der Waals surface area contributed by atoms with Crippen LogP contribution in [0.3, 0.4) is 0 Å². The Morgan fingerprint density at radius 1 is 1.24 bits per heavy atom. The highest BCUT2D eigenvalue weighted by molar-refractivity contribution is 6.00. The third-order valence-electron chi connectivity index (χ3n) is 7.87. The molecule has 0 saturated carbocycles.